The number of unbranched alkanes of at least 4 members (excludes halogenated alkanes) is 1. The van der Waals surface area contributed by atoms with E-state index in [0.717, 1.165) is 90.3 Å². The first-order chi connectivity index (χ1) is 20.9. The zero-order chi connectivity index (χ0) is 30.7. The number of morpholine rings is 1. The van der Waals surface area contributed by atoms with E-state index in [9.17, 15) is 24.0 Å². The van der Waals surface area contributed by atoms with E-state index >= 15 is 0 Å². The molecular weight excluding hydrogens is 584 g/mol. The minimum absolute atomic E-state index is 0.141. The maximum atomic E-state index is 12.8. The molecule has 13 nitrogen and oxygen atoms in total. The average Bonchev–Trinajstić information content (AvgIpc) is 3.04. The van der Waals surface area contributed by atoms with Gasteiger partial charge >= 0.3 is 29.3 Å². The van der Waals surface area contributed by atoms with Crippen LogP contribution in [0.15, 0.2) is 0 Å². The molecular formula is C29H46N2O11S. The van der Waals surface area contributed by atoms with Crippen molar-refractivity contribution in [2.24, 2.45) is 11.8 Å². The van der Waals surface area contributed by atoms with E-state index in [-0.39, 0.29) is 30.2 Å². The van der Waals surface area contributed by atoms with Crippen molar-refractivity contribution < 1.29 is 52.4 Å². The number of nitrogens with one attached hydrogen (secondary N) is 1. The van der Waals surface area contributed by atoms with Crippen LogP contribution in [-0.4, -0.2) is 99.0 Å². The number of carbonyl (C=O) groups excluding carboxylic acids is 5. The van der Waals surface area contributed by atoms with Crippen LogP contribution in [0.2, 0.25) is 0 Å². The van der Waals surface area contributed by atoms with E-state index in [2.05, 4.69) is 10.2 Å². The third-order valence-corrected chi connectivity index (χ3v) is 8.66. The van der Waals surface area contributed by atoms with Gasteiger partial charge in [0.15, 0.2) is 0 Å². The fourth-order valence-electron chi connectivity index (χ4n) is 5.27. The molecule has 0 unspecified atom stereocenters. The van der Waals surface area contributed by atoms with Gasteiger partial charge in [-0.2, -0.15) is 0 Å². The van der Waals surface area contributed by atoms with Gasteiger partial charge in [0, 0.05) is 18.8 Å². The zero-order valence-corrected chi connectivity index (χ0v) is 25.7. The van der Waals surface area contributed by atoms with Crippen LogP contribution in [0.5, 0.6) is 0 Å². The first-order valence-corrected chi connectivity index (χ1v) is 16.4. The van der Waals surface area contributed by atoms with Gasteiger partial charge in [-0.3, -0.25) is 14.5 Å². The Labute approximate surface area is 257 Å². The van der Waals surface area contributed by atoms with Crippen molar-refractivity contribution in [1.82, 2.24) is 10.2 Å². The largest absolute Gasteiger partial charge is 0.464 e. The van der Waals surface area contributed by atoms with Crippen molar-refractivity contribution >= 4 is 41.1 Å². The lowest BCUT2D eigenvalue weighted by Crippen LogP contribution is -2.44. The van der Waals surface area contributed by atoms with Crippen molar-refractivity contribution in [2.45, 2.75) is 83.1 Å². The second-order valence-corrected chi connectivity index (χ2v) is 12.0. The lowest BCUT2D eigenvalue weighted by Gasteiger charge is -2.26. The highest BCUT2D eigenvalue weighted by Crippen LogP contribution is 2.25. The number of hydrogen-bond donors (Lipinski definition) is 1. The van der Waals surface area contributed by atoms with Gasteiger partial charge < -0.3 is 33.7 Å². The number of esters is 3. The maximum absolute atomic E-state index is 12.8. The minimum Gasteiger partial charge on any atom is -0.464 e. The van der Waals surface area contributed by atoms with E-state index in [0.29, 0.717) is 31.4 Å². The lowest BCUT2D eigenvalue weighted by atomic mass is 9.89. The Kier molecular flexibility index (Phi) is 16.6. The SMILES string of the molecule is O=C(N[C@@H](CSC(=O)OCOC(=O)C1CCCCC1)C(=O)OCCCCN1CCOCC1)OCOC(=O)C1CCCCC1. The Morgan fingerprint density at radius 3 is 1.93 bits per heavy atom. The molecule has 244 valence electrons. The molecule has 3 fully saturated rings. The van der Waals surface area contributed by atoms with Crippen LogP contribution in [0.25, 0.3) is 0 Å². The summed E-state index contributed by atoms with van der Waals surface area (Å²) in [5.41, 5.74) is 0. The van der Waals surface area contributed by atoms with Gasteiger partial charge in [0.25, 0.3) is 0 Å². The number of thioether (sulfide) groups is 1. The molecule has 0 radical (unpaired) electrons. The molecule has 3 aliphatic rings. The highest BCUT2D eigenvalue weighted by molar-refractivity contribution is 8.13. The quantitative estimate of drug-likeness (QED) is 0.121. The molecule has 0 spiro atoms. The summed E-state index contributed by atoms with van der Waals surface area (Å²) in [7, 11) is 0. The monoisotopic (exact) mass is 630 g/mol. The van der Waals surface area contributed by atoms with Crippen molar-refractivity contribution in [3.8, 4) is 0 Å². The van der Waals surface area contributed by atoms with E-state index in [1.165, 1.54) is 0 Å². The number of hydrogen-bond acceptors (Lipinski definition) is 13. The van der Waals surface area contributed by atoms with E-state index in [1.807, 2.05) is 0 Å². The molecule has 2 saturated carbocycles. The summed E-state index contributed by atoms with van der Waals surface area (Å²) in [6, 6.07) is -1.23. The molecule has 1 saturated heterocycles. The topological polar surface area (TPSA) is 156 Å². The first-order valence-electron chi connectivity index (χ1n) is 15.4. The molecule has 0 bridgehead atoms. The van der Waals surface area contributed by atoms with Gasteiger partial charge in [-0.1, -0.05) is 38.5 Å². The summed E-state index contributed by atoms with van der Waals surface area (Å²) in [5.74, 6) is -2.13. The molecule has 1 N–H and O–H groups in total. The van der Waals surface area contributed by atoms with Gasteiger partial charge in [0.1, 0.15) is 6.04 Å². The maximum Gasteiger partial charge on any atom is 0.410 e. The molecule has 0 aromatic carbocycles. The molecule has 1 heterocycles. The molecule has 0 aromatic heterocycles. The number of ether oxygens (including phenoxy) is 6. The Bertz CT molecular complexity index is 888. The van der Waals surface area contributed by atoms with Crippen molar-refractivity contribution in [3.63, 3.8) is 0 Å². The highest BCUT2D eigenvalue weighted by Gasteiger charge is 2.27. The fourth-order valence-corrected chi connectivity index (χ4v) is 5.92. The smallest absolute Gasteiger partial charge is 0.410 e. The third-order valence-electron chi connectivity index (χ3n) is 7.81. The van der Waals surface area contributed by atoms with Crippen molar-refractivity contribution in [2.75, 3.05) is 58.8 Å². The number of alkyl carbamates (subject to hydrolysis) is 1. The van der Waals surface area contributed by atoms with E-state index in [1.54, 1.807) is 0 Å². The van der Waals surface area contributed by atoms with Gasteiger partial charge in [0.05, 0.1) is 31.7 Å². The van der Waals surface area contributed by atoms with Gasteiger partial charge in [-0.05, 0) is 56.8 Å². The Morgan fingerprint density at radius 1 is 0.744 bits per heavy atom. The van der Waals surface area contributed by atoms with Gasteiger partial charge in [0.2, 0.25) is 13.6 Å². The van der Waals surface area contributed by atoms with Crippen LogP contribution in [0.4, 0.5) is 9.59 Å². The van der Waals surface area contributed by atoms with Crippen LogP contribution in [0.3, 0.4) is 0 Å². The molecule has 1 amide bonds. The van der Waals surface area contributed by atoms with Crippen molar-refractivity contribution in [1.29, 1.82) is 0 Å². The Balaban J connectivity index is 1.38. The molecule has 0 aromatic rings. The zero-order valence-electron chi connectivity index (χ0n) is 24.9. The van der Waals surface area contributed by atoms with Crippen LogP contribution >= 0.6 is 11.8 Å². The van der Waals surface area contributed by atoms with Crippen LogP contribution in [0.1, 0.15) is 77.0 Å². The van der Waals surface area contributed by atoms with E-state index in [4.69, 9.17) is 28.4 Å². The highest BCUT2D eigenvalue weighted by atomic mass is 32.2. The molecule has 1 atom stereocenters. The third kappa shape index (κ3) is 14.2. The number of amides is 1. The summed E-state index contributed by atoms with van der Waals surface area (Å²) in [6.07, 6.45) is 9.52. The van der Waals surface area contributed by atoms with Crippen LogP contribution < -0.4 is 5.32 Å². The summed E-state index contributed by atoms with van der Waals surface area (Å²) in [4.78, 5) is 64.0. The fraction of sp³-hybridized carbons (Fsp3) is 0.828. The number of rotatable bonds is 15. The molecule has 43 heavy (non-hydrogen) atoms. The predicted octanol–water partition coefficient (Wildman–Crippen LogP) is 3.77. The molecule has 14 heteroatoms. The average molecular weight is 631 g/mol. The summed E-state index contributed by atoms with van der Waals surface area (Å²) < 4.78 is 30.8. The number of nitrogens with zero attached hydrogens (tertiary/aromatic N) is 1. The summed E-state index contributed by atoms with van der Waals surface area (Å²) in [6.45, 7) is 3.05. The lowest BCUT2D eigenvalue weighted by molar-refractivity contribution is -0.159. The molecule has 3 rings (SSSR count). The van der Waals surface area contributed by atoms with Crippen molar-refractivity contribution in [3.05, 3.63) is 0 Å². The standard InChI is InChI=1S/C29H46N2O11S/c32-25(22-9-3-1-4-10-22)39-20-41-28(35)30-24(27(34)38-16-8-7-13-31-14-17-37-18-15-31)19-43-29(36)42-21-40-26(33)23-11-5-2-6-12-23/h22-24H,1-21H2,(H,30,35)/t24-/m0/s1. The second-order valence-electron chi connectivity index (χ2n) is 11.0. The Hall–Kier alpha value is -2.58. The molecule has 1 aliphatic heterocycles. The van der Waals surface area contributed by atoms with Gasteiger partial charge in [-0.25, -0.2) is 14.4 Å². The first kappa shape index (κ1) is 34.9. The summed E-state index contributed by atoms with van der Waals surface area (Å²) in [5, 5.41) is 1.59. The molecule has 2 aliphatic carbocycles. The van der Waals surface area contributed by atoms with E-state index < -0.39 is 43.0 Å². The van der Waals surface area contributed by atoms with Crippen LogP contribution in [0, 0.1) is 11.8 Å². The predicted molar refractivity (Wildman–Crippen MR) is 155 cm³/mol. The minimum atomic E-state index is -1.23. The Morgan fingerprint density at radius 2 is 1.33 bits per heavy atom. The number of carbonyl (C=O) groups is 5. The summed E-state index contributed by atoms with van der Waals surface area (Å²) >= 11 is 0.625. The van der Waals surface area contributed by atoms with Crippen LogP contribution in [-0.2, 0) is 42.8 Å². The second kappa shape index (κ2) is 20.4. The van der Waals surface area contributed by atoms with Gasteiger partial charge in [-0.15, -0.1) is 0 Å². The normalized spacial score (nSPS) is 19.1.